The van der Waals surface area contributed by atoms with Gasteiger partial charge < -0.3 is 20.1 Å². The van der Waals surface area contributed by atoms with Gasteiger partial charge in [0.1, 0.15) is 0 Å². The smallest absolute Gasteiger partial charge is 0.223 e. The van der Waals surface area contributed by atoms with Crippen molar-refractivity contribution in [3.8, 4) is 11.5 Å². The van der Waals surface area contributed by atoms with Gasteiger partial charge in [0, 0.05) is 38.0 Å². The maximum absolute atomic E-state index is 12.6. The van der Waals surface area contributed by atoms with Crippen LogP contribution in [0, 0.1) is 0 Å². The summed E-state index contributed by atoms with van der Waals surface area (Å²) < 4.78 is 36.2. The summed E-state index contributed by atoms with van der Waals surface area (Å²) in [5, 5.41) is 0. The number of likely N-dealkylation sites (tertiary alicyclic amines) is 1. The molecule has 2 aliphatic rings. The predicted octanol–water partition coefficient (Wildman–Crippen LogP) is 0.961. The van der Waals surface area contributed by atoms with Crippen molar-refractivity contribution in [1.82, 2.24) is 4.90 Å². The van der Waals surface area contributed by atoms with Gasteiger partial charge in [-0.05, 0) is 25.0 Å². The molecule has 1 aromatic rings. The first-order chi connectivity index (χ1) is 12.0. The SMILES string of the molecule is N[C@H]1CCCN(C(=O)CCS(=O)(=O)c2ccc3c(c2)OCCCO3)C1. The molecular formula is C17H24N2O5S. The van der Waals surface area contributed by atoms with Crippen molar-refractivity contribution in [2.45, 2.75) is 36.6 Å². The number of hydrogen-bond donors (Lipinski definition) is 1. The molecule has 1 fully saturated rings. The Kier molecular flexibility index (Phi) is 5.48. The van der Waals surface area contributed by atoms with Gasteiger partial charge in [-0.15, -0.1) is 0 Å². The number of amides is 1. The summed E-state index contributed by atoms with van der Waals surface area (Å²) in [6.07, 6.45) is 2.48. The van der Waals surface area contributed by atoms with Gasteiger partial charge >= 0.3 is 0 Å². The molecule has 1 saturated heterocycles. The second kappa shape index (κ2) is 7.61. The third kappa shape index (κ3) is 4.43. The van der Waals surface area contributed by atoms with E-state index >= 15 is 0 Å². The number of benzene rings is 1. The lowest BCUT2D eigenvalue weighted by molar-refractivity contribution is -0.131. The van der Waals surface area contributed by atoms with Crippen LogP contribution in [0.15, 0.2) is 23.1 Å². The molecule has 7 nitrogen and oxygen atoms in total. The summed E-state index contributed by atoms with van der Waals surface area (Å²) >= 11 is 0. The van der Waals surface area contributed by atoms with Gasteiger partial charge in [0.25, 0.3) is 0 Å². The minimum absolute atomic E-state index is 0.0176. The summed E-state index contributed by atoms with van der Waals surface area (Å²) in [5.41, 5.74) is 5.88. The molecule has 8 heteroatoms. The number of ether oxygens (including phenoxy) is 2. The highest BCUT2D eigenvalue weighted by Crippen LogP contribution is 2.32. The van der Waals surface area contributed by atoms with Crippen molar-refractivity contribution in [1.29, 1.82) is 0 Å². The van der Waals surface area contributed by atoms with Crippen molar-refractivity contribution in [3.63, 3.8) is 0 Å². The second-order valence-corrected chi connectivity index (χ2v) is 8.58. The normalized spacial score (nSPS) is 20.8. The summed E-state index contributed by atoms with van der Waals surface area (Å²) in [6, 6.07) is 4.58. The number of hydrogen-bond acceptors (Lipinski definition) is 6. The van der Waals surface area contributed by atoms with Gasteiger partial charge in [-0.3, -0.25) is 4.79 Å². The van der Waals surface area contributed by atoms with Gasteiger partial charge in [0.15, 0.2) is 21.3 Å². The molecule has 0 aromatic heterocycles. The average molecular weight is 368 g/mol. The third-order valence-corrected chi connectivity index (χ3v) is 6.19. The first kappa shape index (κ1) is 18.0. The molecule has 3 rings (SSSR count). The van der Waals surface area contributed by atoms with Gasteiger partial charge in [-0.1, -0.05) is 0 Å². The maximum atomic E-state index is 12.6. The van der Waals surface area contributed by atoms with Crippen LogP contribution < -0.4 is 15.2 Å². The van der Waals surface area contributed by atoms with Crippen LogP contribution in [0.5, 0.6) is 11.5 Å². The molecule has 0 aliphatic carbocycles. The lowest BCUT2D eigenvalue weighted by atomic mass is 10.1. The molecule has 0 bridgehead atoms. The van der Waals surface area contributed by atoms with Crippen LogP contribution in [0.2, 0.25) is 0 Å². The Bertz CT molecular complexity index is 735. The standard InChI is InChI=1S/C17H24N2O5S/c18-13-3-1-7-19(12-13)17(20)6-10-25(21,22)14-4-5-15-16(11-14)24-9-2-8-23-15/h4-5,11,13H,1-3,6-10,12,18H2/t13-/m0/s1. The van der Waals surface area contributed by atoms with E-state index in [4.69, 9.17) is 15.2 Å². The van der Waals surface area contributed by atoms with Crippen LogP contribution >= 0.6 is 0 Å². The highest BCUT2D eigenvalue weighted by atomic mass is 32.2. The minimum Gasteiger partial charge on any atom is -0.490 e. The van der Waals surface area contributed by atoms with Crippen molar-refractivity contribution >= 4 is 15.7 Å². The minimum atomic E-state index is -3.57. The highest BCUT2D eigenvalue weighted by Gasteiger charge is 2.24. The molecule has 2 aliphatic heterocycles. The van der Waals surface area contributed by atoms with E-state index < -0.39 is 9.84 Å². The summed E-state index contributed by atoms with van der Waals surface area (Å²) in [6.45, 7) is 2.19. The van der Waals surface area contributed by atoms with E-state index in [0.29, 0.717) is 37.8 Å². The molecule has 0 spiro atoms. The van der Waals surface area contributed by atoms with Gasteiger partial charge in [-0.2, -0.15) is 0 Å². The predicted molar refractivity (Wildman–Crippen MR) is 92.5 cm³/mol. The van der Waals surface area contributed by atoms with Crippen LogP contribution in [0.3, 0.4) is 0 Å². The second-order valence-electron chi connectivity index (χ2n) is 6.47. The zero-order chi connectivity index (χ0) is 17.9. The number of sulfone groups is 1. The molecule has 0 unspecified atom stereocenters. The van der Waals surface area contributed by atoms with Gasteiger partial charge in [0.2, 0.25) is 5.91 Å². The van der Waals surface area contributed by atoms with Crippen molar-refractivity contribution in [2.75, 3.05) is 32.1 Å². The number of rotatable bonds is 4. The van der Waals surface area contributed by atoms with E-state index in [0.717, 1.165) is 19.3 Å². The van der Waals surface area contributed by atoms with E-state index in [9.17, 15) is 13.2 Å². The summed E-state index contributed by atoms with van der Waals surface area (Å²) in [7, 11) is -3.57. The van der Waals surface area contributed by atoms with E-state index in [1.54, 1.807) is 11.0 Å². The zero-order valence-corrected chi connectivity index (χ0v) is 15.0. The van der Waals surface area contributed by atoms with E-state index in [1.165, 1.54) is 12.1 Å². The van der Waals surface area contributed by atoms with Gasteiger partial charge in [0.05, 0.1) is 23.9 Å². The van der Waals surface area contributed by atoms with Crippen LogP contribution in [0.25, 0.3) is 0 Å². The van der Waals surface area contributed by atoms with Crippen LogP contribution in [-0.2, 0) is 14.6 Å². The fourth-order valence-corrected chi connectivity index (χ4v) is 4.31. The fourth-order valence-electron chi connectivity index (χ4n) is 3.07. The Hall–Kier alpha value is -1.80. The lowest BCUT2D eigenvalue weighted by Gasteiger charge is -2.30. The number of nitrogens with two attached hydrogens (primary N) is 1. The Morgan fingerprint density at radius 3 is 2.72 bits per heavy atom. The molecule has 138 valence electrons. The molecular weight excluding hydrogens is 344 g/mol. The first-order valence-electron chi connectivity index (χ1n) is 8.61. The number of carbonyl (C=O) groups is 1. The Morgan fingerprint density at radius 1 is 1.20 bits per heavy atom. The molecule has 1 amide bonds. The number of carbonyl (C=O) groups excluding carboxylic acids is 1. The largest absolute Gasteiger partial charge is 0.490 e. The maximum Gasteiger partial charge on any atom is 0.223 e. The molecule has 1 aromatic carbocycles. The quantitative estimate of drug-likeness (QED) is 0.850. The number of fused-ring (bicyclic) bond motifs is 1. The molecule has 0 saturated carbocycles. The monoisotopic (exact) mass is 368 g/mol. The third-order valence-electron chi connectivity index (χ3n) is 4.47. The number of nitrogens with zero attached hydrogens (tertiary/aromatic N) is 1. The van der Waals surface area contributed by atoms with Crippen LogP contribution in [0.1, 0.15) is 25.7 Å². The molecule has 2 N–H and O–H groups in total. The average Bonchev–Trinajstić information content (AvgIpc) is 2.84. The fraction of sp³-hybridized carbons (Fsp3) is 0.588. The topological polar surface area (TPSA) is 98.9 Å². The van der Waals surface area contributed by atoms with Gasteiger partial charge in [-0.25, -0.2) is 8.42 Å². The zero-order valence-electron chi connectivity index (χ0n) is 14.1. The van der Waals surface area contributed by atoms with Crippen molar-refractivity contribution in [2.24, 2.45) is 5.73 Å². The van der Waals surface area contributed by atoms with Crippen molar-refractivity contribution in [3.05, 3.63) is 18.2 Å². The molecule has 0 radical (unpaired) electrons. The molecule has 1 atom stereocenters. The van der Waals surface area contributed by atoms with E-state index in [-0.39, 0.29) is 29.0 Å². The molecule has 25 heavy (non-hydrogen) atoms. The molecule has 2 heterocycles. The Balaban J connectivity index is 1.65. The van der Waals surface area contributed by atoms with Crippen molar-refractivity contribution < 1.29 is 22.7 Å². The Labute approximate surface area is 148 Å². The number of piperidine rings is 1. The summed E-state index contributed by atoms with van der Waals surface area (Å²) in [5.74, 6) is 0.604. The Morgan fingerprint density at radius 2 is 1.96 bits per heavy atom. The summed E-state index contributed by atoms with van der Waals surface area (Å²) in [4.78, 5) is 14.1. The van der Waals surface area contributed by atoms with E-state index in [1.807, 2.05) is 0 Å². The lowest BCUT2D eigenvalue weighted by Crippen LogP contribution is -2.46. The van der Waals surface area contributed by atoms with Crippen LogP contribution in [0.4, 0.5) is 0 Å². The first-order valence-corrected chi connectivity index (χ1v) is 10.3. The van der Waals surface area contributed by atoms with Crippen LogP contribution in [-0.4, -0.2) is 57.3 Å². The highest BCUT2D eigenvalue weighted by molar-refractivity contribution is 7.91. The van der Waals surface area contributed by atoms with E-state index in [2.05, 4.69) is 0 Å².